The second kappa shape index (κ2) is 10.7. The molecule has 0 radical (unpaired) electrons. The van der Waals surface area contributed by atoms with E-state index in [2.05, 4.69) is 9.80 Å². The lowest BCUT2D eigenvalue weighted by molar-refractivity contribution is -0.135. The summed E-state index contributed by atoms with van der Waals surface area (Å²) in [7, 11) is 1.92. The van der Waals surface area contributed by atoms with Crippen molar-refractivity contribution in [3.63, 3.8) is 0 Å². The molecule has 174 valence electrons. The lowest BCUT2D eigenvalue weighted by Crippen LogP contribution is -2.48. The average molecular weight is 433 g/mol. The van der Waals surface area contributed by atoms with Crippen molar-refractivity contribution in [2.24, 2.45) is 0 Å². The van der Waals surface area contributed by atoms with Gasteiger partial charge in [-0.3, -0.25) is 9.69 Å². The molecule has 2 N–H and O–H groups in total. The zero-order chi connectivity index (χ0) is 22.5. The molecule has 1 aromatic rings. The van der Waals surface area contributed by atoms with Crippen molar-refractivity contribution in [2.45, 2.75) is 46.6 Å². The van der Waals surface area contributed by atoms with E-state index in [1.807, 2.05) is 39.6 Å². The number of anilines is 1. The van der Waals surface area contributed by atoms with E-state index >= 15 is 0 Å². The number of likely N-dealkylation sites (N-methyl/N-ethyl adjacent to an activating group) is 1. The summed E-state index contributed by atoms with van der Waals surface area (Å²) in [4.78, 5) is 19.7. The van der Waals surface area contributed by atoms with Gasteiger partial charge in [-0.25, -0.2) is 0 Å². The van der Waals surface area contributed by atoms with E-state index in [0.717, 1.165) is 99.0 Å². The third kappa shape index (κ3) is 5.70. The van der Waals surface area contributed by atoms with Gasteiger partial charge in [-0.15, -0.1) is 0 Å². The number of carbonyl (C=O) groups is 1. The molecule has 0 spiro atoms. The SMILES string of the molecule is Cc1c(C)c(OCC(=O)N(C)C2CCN(CCN3CCOCC3)CC2)c(C)c(C)c1N. The van der Waals surface area contributed by atoms with Crippen molar-refractivity contribution in [3.8, 4) is 5.75 Å². The van der Waals surface area contributed by atoms with Gasteiger partial charge >= 0.3 is 0 Å². The number of nitrogens with zero attached hydrogens (tertiary/aromatic N) is 3. The summed E-state index contributed by atoms with van der Waals surface area (Å²) in [6, 6.07) is 0.285. The molecule has 0 atom stereocenters. The van der Waals surface area contributed by atoms with Gasteiger partial charge in [0.05, 0.1) is 13.2 Å². The van der Waals surface area contributed by atoms with Gasteiger partial charge in [-0.1, -0.05) is 0 Å². The number of hydrogen-bond donors (Lipinski definition) is 1. The first-order chi connectivity index (χ1) is 14.8. The number of piperidine rings is 1. The monoisotopic (exact) mass is 432 g/mol. The Morgan fingerprint density at radius 1 is 0.968 bits per heavy atom. The molecule has 0 unspecified atom stereocenters. The van der Waals surface area contributed by atoms with E-state index in [-0.39, 0.29) is 18.6 Å². The van der Waals surface area contributed by atoms with Gasteiger partial charge in [0.25, 0.3) is 5.91 Å². The molecule has 0 bridgehead atoms. The van der Waals surface area contributed by atoms with Crippen LogP contribution >= 0.6 is 0 Å². The number of ether oxygens (including phenoxy) is 2. The maximum Gasteiger partial charge on any atom is 0.260 e. The minimum atomic E-state index is 0.0395. The Morgan fingerprint density at radius 2 is 1.48 bits per heavy atom. The summed E-state index contributed by atoms with van der Waals surface area (Å²) in [6.45, 7) is 16.2. The van der Waals surface area contributed by atoms with E-state index in [0.29, 0.717) is 0 Å². The zero-order valence-corrected chi connectivity index (χ0v) is 20.0. The minimum Gasteiger partial charge on any atom is -0.483 e. The summed E-state index contributed by atoms with van der Waals surface area (Å²) in [5.41, 5.74) is 11.1. The molecule has 0 aromatic heterocycles. The van der Waals surface area contributed by atoms with Crippen LogP contribution in [0.15, 0.2) is 0 Å². The van der Waals surface area contributed by atoms with E-state index in [1.54, 1.807) is 0 Å². The van der Waals surface area contributed by atoms with Crippen LogP contribution in [0.5, 0.6) is 5.75 Å². The van der Waals surface area contributed by atoms with Gasteiger partial charge in [0, 0.05) is 58.0 Å². The third-order valence-electron chi connectivity index (χ3n) is 7.29. The maximum atomic E-state index is 12.8. The summed E-state index contributed by atoms with van der Waals surface area (Å²) in [5.74, 6) is 0.835. The molecule has 0 saturated carbocycles. The normalized spacial score (nSPS) is 18.9. The van der Waals surface area contributed by atoms with Crippen molar-refractivity contribution in [3.05, 3.63) is 22.3 Å². The van der Waals surface area contributed by atoms with Crippen molar-refractivity contribution in [2.75, 3.05) is 71.9 Å². The number of hydrogen-bond acceptors (Lipinski definition) is 6. The largest absolute Gasteiger partial charge is 0.483 e. The molecule has 2 aliphatic rings. The topological polar surface area (TPSA) is 71.3 Å². The number of likely N-dealkylation sites (tertiary alicyclic amines) is 1. The number of morpholine rings is 1. The highest BCUT2D eigenvalue weighted by molar-refractivity contribution is 5.78. The van der Waals surface area contributed by atoms with Crippen LogP contribution in [-0.4, -0.2) is 92.8 Å². The fourth-order valence-electron chi connectivity index (χ4n) is 4.60. The van der Waals surface area contributed by atoms with Crippen LogP contribution in [0.3, 0.4) is 0 Å². The highest BCUT2D eigenvalue weighted by Crippen LogP contribution is 2.34. The number of rotatable bonds is 7. The Bertz CT molecular complexity index is 740. The molecule has 0 aliphatic carbocycles. The summed E-state index contributed by atoms with van der Waals surface area (Å²) < 4.78 is 11.4. The molecule has 2 saturated heterocycles. The zero-order valence-electron chi connectivity index (χ0n) is 20.0. The van der Waals surface area contributed by atoms with Crippen LogP contribution < -0.4 is 10.5 Å². The fraction of sp³-hybridized carbons (Fsp3) is 0.708. The summed E-state index contributed by atoms with van der Waals surface area (Å²) in [5, 5.41) is 0. The van der Waals surface area contributed by atoms with Gasteiger partial charge < -0.3 is 25.0 Å². The molecule has 3 rings (SSSR count). The van der Waals surface area contributed by atoms with Crippen molar-refractivity contribution in [1.82, 2.24) is 14.7 Å². The number of nitrogen functional groups attached to an aromatic ring is 1. The van der Waals surface area contributed by atoms with Crippen LogP contribution in [0.2, 0.25) is 0 Å². The highest BCUT2D eigenvalue weighted by atomic mass is 16.5. The summed E-state index contributed by atoms with van der Waals surface area (Å²) >= 11 is 0. The van der Waals surface area contributed by atoms with E-state index in [1.165, 1.54) is 0 Å². The average Bonchev–Trinajstić information content (AvgIpc) is 2.80. The first-order valence-corrected chi connectivity index (χ1v) is 11.6. The Morgan fingerprint density at radius 3 is 2.03 bits per heavy atom. The van der Waals surface area contributed by atoms with Gasteiger partial charge in [-0.05, 0) is 62.8 Å². The Labute approximate surface area is 187 Å². The molecule has 2 aliphatic heterocycles. The van der Waals surface area contributed by atoms with Gasteiger partial charge in [0.1, 0.15) is 5.75 Å². The van der Waals surface area contributed by atoms with E-state index < -0.39 is 0 Å². The van der Waals surface area contributed by atoms with Gasteiger partial charge in [0.2, 0.25) is 0 Å². The maximum absolute atomic E-state index is 12.8. The predicted molar refractivity (Wildman–Crippen MR) is 125 cm³/mol. The number of benzene rings is 1. The molecule has 1 amide bonds. The van der Waals surface area contributed by atoms with Gasteiger partial charge in [-0.2, -0.15) is 0 Å². The Balaban J connectivity index is 1.46. The quantitative estimate of drug-likeness (QED) is 0.666. The fourth-order valence-corrected chi connectivity index (χ4v) is 4.60. The number of carbonyl (C=O) groups excluding carboxylic acids is 1. The standard InChI is InChI=1S/C24H40N4O3/c1-17-19(3)24(20(4)18(2)23(17)25)31-16-22(29)26(5)21-6-8-27(9-7-21)10-11-28-12-14-30-15-13-28/h21H,6-16,25H2,1-5H3. The number of amides is 1. The number of nitrogens with two attached hydrogens (primary N) is 1. The lowest BCUT2D eigenvalue weighted by Gasteiger charge is -2.38. The molecule has 2 heterocycles. The molecular formula is C24H40N4O3. The van der Waals surface area contributed by atoms with Gasteiger partial charge in [0.15, 0.2) is 6.61 Å². The molecule has 31 heavy (non-hydrogen) atoms. The van der Waals surface area contributed by atoms with E-state index in [9.17, 15) is 4.79 Å². The Kier molecular flexibility index (Phi) is 8.19. The summed E-state index contributed by atoms with van der Waals surface area (Å²) in [6.07, 6.45) is 2.03. The predicted octanol–water partition coefficient (Wildman–Crippen LogP) is 2.14. The molecule has 1 aromatic carbocycles. The van der Waals surface area contributed by atoms with Crippen molar-refractivity contribution >= 4 is 11.6 Å². The van der Waals surface area contributed by atoms with Crippen LogP contribution in [0.4, 0.5) is 5.69 Å². The van der Waals surface area contributed by atoms with E-state index in [4.69, 9.17) is 15.2 Å². The van der Waals surface area contributed by atoms with Crippen molar-refractivity contribution in [1.29, 1.82) is 0 Å². The Hall–Kier alpha value is -1.83. The van der Waals surface area contributed by atoms with Crippen LogP contribution in [0.25, 0.3) is 0 Å². The molecular weight excluding hydrogens is 392 g/mol. The first-order valence-electron chi connectivity index (χ1n) is 11.6. The smallest absolute Gasteiger partial charge is 0.260 e. The second-order valence-electron chi connectivity index (χ2n) is 9.06. The van der Waals surface area contributed by atoms with Crippen molar-refractivity contribution < 1.29 is 14.3 Å². The lowest BCUT2D eigenvalue weighted by atomic mass is 9.97. The molecule has 7 heteroatoms. The highest BCUT2D eigenvalue weighted by Gasteiger charge is 2.26. The second-order valence-corrected chi connectivity index (χ2v) is 9.06. The van der Waals surface area contributed by atoms with Crippen LogP contribution in [0.1, 0.15) is 35.1 Å². The molecule has 7 nitrogen and oxygen atoms in total. The minimum absolute atomic E-state index is 0.0395. The first kappa shape index (κ1) is 23.8. The van der Waals surface area contributed by atoms with Crippen LogP contribution in [0, 0.1) is 27.7 Å². The molecule has 2 fully saturated rings. The van der Waals surface area contributed by atoms with Crippen LogP contribution in [-0.2, 0) is 9.53 Å². The third-order valence-corrected chi connectivity index (χ3v) is 7.29.